The van der Waals surface area contributed by atoms with Crippen molar-refractivity contribution < 1.29 is 23.9 Å². The number of rotatable bonds is 6. The van der Waals surface area contributed by atoms with E-state index >= 15 is 0 Å². The third kappa shape index (κ3) is 4.68. The van der Waals surface area contributed by atoms with Gasteiger partial charge in [0.15, 0.2) is 17.2 Å². The molecule has 2 heterocycles. The number of nitrogens with zero attached hydrogens (tertiary/aromatic N) is 3. The van der Waals surface area contributed by atoms with Crippen molar-refractivity contribution in [3.05, 3.63) is 83.8 Å². The van der Waals surface area contributed by atoms with Crippen molar-refractivity contribution in [1.29, 1.82) is 0 Å². The first-order valence-electron chi connectivity index (χ1n) is 12.0. The molecular weight excluding hydrogens is 474 g/mol. The van der Waals surface area contributed by atoms with Gasteiger partial charge in [-0.2, -0.15) is 0 Å². The van der Waals surface area contributed by atoms with Gasteiger partial charge in [0.2, 0.25) is 5.91 Å². The zero-order valence-corrected chi connectivity index (χ0v) is 20.3. The summed E-state index contributed by atoms with van der Waals surface area (Å²) in [5.74, 6) is -1.36. The van der Waals surface area contributed by atoms with Crippen LogP contribution in [0, 0.1) is 5.92 Å². The fourth-order valence-electron chi connectivity index (χ4n) is 5.06. The third-order valence-electron chi connectivity index (χ3n) is 6.93. The van der Waals surface area contributed by atoms with Crippen LogP contribution in [0.25, 0.3) is 0 Å². The van der Waals surface area contributed by atoms with Crippen LogP contribution < -0.4 is 15.5 Å². The van der Waals surface area contributed by atoms with E-state index in [1.807, 2.05) is 30.3 Å². The van der Waals surface area contributed by atoms with E-state index in [9.17, 15) is 19.2 Å². The zero-order chi connectivity index (χ0) is 26.0. The lowest BCUT2D eigenvalue weighted by Gasteiger charge is -2.27. The van der Waals surface area contributed by atoms with E-state index in [-0.39, 0.29) is 49.4 Å². The number of Topliss-reactive ketones (excluding diaryl/α,β-unsaturated/α-hetero) is 2. The number of ketones is 2. The normalized spacial score (nSPS) is 22.9. The van der Waals surface area contributed by atoms with Crippen LogP contribution >= 0.6 is 0 Å². The maximum absolute atomic E-state index is 13.5. The molecule has 1 saturated heterocycles. The van der Waals surface area contributed by atoms with E-state index < -0.39 is 17.6 Å². The van der Waals surface area contributed by atoms with Gasteiger partial charge in [-0.05, 0) is 29.3 Å². The van der Waals surface area contributed by atoms with Gasteiger partial charge in [0.05, 0.1) is 24.7 Å². The SMILES string of the molecule is CNC(=O)NC1=CC=C2C(CC(=O)[C@]23CN(CC(=O)N(Cc2ccccc2)c2ccncc2)CO3)C1=O. The number of carbonyl (C=O) groups is 4. The molecule has 5 rings (SSSR count). The van der Waals surface area contributed by atoms with Crippen molar-refractivity contribution in [2.24, 2.45) is 5.92 Å². The van der Waals surface area contributed by atoms with Gasteiger partial charge in [-0.3, -0.25) is 24.3 Å². The summed E-state index contributed by atoms with van der Waals surface area (Å²) >= 11 is 0. The summed E-state index contributed by atoms with van der Waals surface area (Å²) in [6.45, 7) is 0.679. The molecule has 1 saturated carbocycles. The molecule has 2 fully saturated rings. The Labute approximate surface area is 214 Å². The van der Waals surface area contributed by atoms with Gasteiger partial charge in [0, 0.05) is 38.1 Å². The highest BCUT2D eigenvalue weighted by Gasteiger charge is 2.58. The first-order valence-corrected chi connectivity index (χ1v) is 12.0. The molecule has 0 radical (unpaired) electrons. The number of amides is 3. The van der Waals surface area contributed by atoms with Crippen molar-refractivity contribution in [2.45, 2.75) is 18.6 Å². The third-order valence-corrected chi connectivity index (χ3v) is 6.93. The molecule has 10 nitrogen and oxygen atoms in total. The lowest BCUT2D eigenvalue weighted by Crippen LogP contribution is -2.44. The second-order valence-electron chi connectivity index (χ2n) is 9.21. The molecule has 1 unspecified atom stereocenters. The number of fused-ring (bicyclic) bond motifs is 2. The Balaban J connectivity index is 1.33. The Morgan fingerprint density at radius 3 is 2.62 bits per heavy atom. The summed E-state index contributed by atoms with van der Waals surface area (Å²) in [6.07, 6.45) is 6.47. The van der Waals surface area contributed by atoms with Gasteiger partial charge in [-0.15, -0.1) is 0 Å². The van der Waals surface area contributed by atoms with Gasteiger partial charge in [0.1, 0.15) is 6.73 Å². The number of ether oxygens (including phenoxy) is 1. The van der Waals surface area contributed by atoms with Crippen LogP contribution in [0.2, 0.25) is 0 Å². The van der Waals surface area contributed by atoms with Crippen molar-refractivity contribution in [3.8, 4) is 0 Å². The highest BCUT2D eigenvalue weighted by molar-refractivity contribution is 6.10. The van der Waals surface area contributed by atoms with Crippen molar-refractivity contribution >= 4 is 29.2 Å². The largest absolute Gasteiger partial charge is 0.346 e. The molecule has 3 amide bonds. The minimum atomic E-state index is -1.27. The number of anilines is 1. The molecule has 2 N–H and O–H groups in total. The van der Waals surface area contributed by atoms with E-state index in [1.54, 1.807) is 40.4 Å². The topological polar surface area (TPSA) is 121 Å². The predicted molar refractivity (Wildman–Crippen MR) is 134 cm³/mol. The van der Waals surface area contributed by atoms with Crippen LogP contribution in [0.4, 0.5) is 10.5 Å². The molecule has 190 valence electrons. The molecule has 0 bridgehead atoms. The standard InChI is InChI=1S/C27H27N5O5/c1-28-26(36)30-22-8-7-21-20(25(22)35)13-23(33)27(21)16-31(17-37-27)15-24(34)32(19-9-11-29-12-10-19)14-18-5-3-2-4-6-18/h2-12,20H,13-17H2,1H3,(H2,28,30,36)/t20?,27-/m0/s1. The molecule has 2 aliphatic carbocycles. The number of allylic oxidation sites excluding steroid dienone is 3. The predicted octanol–water partition coefficient (Wildman–Crippen LogP) is 1.55. The average molecular weight is 502 g/mol. The van der Waals surface area contributed by atoms with Gasteiger partial charge < -0.3 is 20.3 Å². The number of nitrogens with one attached hydrogen (secondary N) is 2. The minimum Gasteiger partial charge on any atom is -0.346 e. The lowest BCUT2D eigenvalue weighted by atomic mass is 9.85. The number of pyridine rings is 1. The minimum absolute atomic E-state index is 0.00361. The molecule has 2 aromatic rings. The molecular formula is C27H27N5O5. The van der Waals surface area contributed by atoms with Crippen LogP contribution in [0.5, 0.6) is 0 Å². The Morgan fingerprint density at radius 2 is 1.89 bits per heavy atom. The van der Waals surface area contributed by atoms with E-state index in [2.05, 4.69) is 15.6 Å². The summed E-state index contributed by atoms with van der Waals surface area (Å²) in [7, 11) is 1.45. The van der Waals surface area contributed by atoms with Gasteiger partial charge in [0.25, 0.3) is 0 Å². The maximum Gasteiger partial charge on any atom is 0.319 e. The lowest BCUT2D eigenvalue weighted by molar-refractivity contribution is -0.131. The van der Waals surface area contributed by atoms with Gasteiger partial charge >= 0.3 is 6.03 Å². The van der Waals surface area contributed by atoms with Gasteiger partial charge in [-0.25, -0.2) is 4.79 Å². The summed E-state index contributed by atoms with van der Waals surface area (Å²) in [5.41, 5.74) is 1.15. The maximum atomic E-state index is 13.5. The van der Waals surface area contributed by atoms with E-state index in [1.165, 1.54) is 13.1 Å². The number of hydrogen-bond acceptors (Lipinski definition) is 7. The van der Waals surface area contributed by atoms with Crippen LogP contribution in [0.15, 0.2) is 78.3 Å². The molecule has 37 heavy (non-hydrogen) atoms. The molecule has 10 heteroatoms. The fraction of sp³-hybridized carbons (Fsp3) is 0.296. The number of benzene rings is 1. The quantitative estimate of drug-likeness (QED) is 0.616. The van der Waals surface area contributed by atoms with Crippen molar-refractivity contribution in [1.82, 2.24) is 20.5 Å². The number of aromatic nitrogens is 1. The summed E-state index contributed by atoms with van der Waals surface area (Å²) < 4.78 is 6.03. The Hall–Kier alpha value is -4.15. The van der Waals surface area contributed by atoms with Crippen LogP contribution in [-0.4, -0.2) is 65.9 Å². The molecule has 2 atom stereocenters. The van der Waals surface area contributed by atoms with E-state index in [0.717, 1.165) is 11.3 Å². The highest BCUT2D eigenvalue weighted by Crippen LogP contribution is 2.45. The zero-order valence-electron chi connectivity index (χ0n) is 20.3. The number of carbonyl (C=O) groups excluding carboxylic acids is 4. The number of urea groups is 1. The average Bonchev–Trinajstić information content (AvgIpc) is 3.46. The van der Waals surface area contributed by atoms with Crippen molar-refractivity contribution in [3.63, 3.8) is 0 Å². The van der Waals surface area contributed by atoms with Crippen LogP contribution in [0.1, 0.15) is 12.0 Å². The fourth-order valence-corrected chi connectivity index (χ4v) is 5.06. The monoisotopic (exact) mass is 501 g/mol. The molecule has 3 aliphatic rings. The summed E-state index contributed by atoms with van der Waals surface area (Å²) in [5, 5.41) is 4.92. The number of hydrogen-bond donors (Lipinski definition) is 2. The second-order valence-corrected chi connectivity index (χ2v) is 9.21. The Kier molecular flexibility index (Phi) is 6.68. The molecule has 1 aromatic heterocycles. The summed E-state index contributed by atoms with van der Waals surface area (Å²) in [6, 6.07) is 12.7. The first-order chi connectivity index (χ1) is 17.9. The van der Waals surface area contributed by atoms with Gasteiger partial charge in [-0.1, -0.05) is 36.4 Å². The summed E-state index contributed by atoms with van der Waals surface area (Å²) in [4.78, 5) is 58.8. The first kappa shape index (κ1) is 24.5. The van der Waals surface area contributed by atoms with Crippen LogP contribution in [0.3, 0.4) is 0 Å². The molecule has 1 spiro atoms. The highest BCUT2D eigenvalue weighted by atomic mass is 16.5. The Morgan fingerprint density at radius 1 is 1.14 bits per heavy atom. The Bertz CT molecular complexity index is 1290. The smallest absolute Gasteiger partial charge is 0.319 e. The van der Waals surface area contributed by atoms with E-state index in [0.29, 0.717) is 12.1 Å². The molecule has 1 aliphatic heterocycles. The van der Waals surface area contributed by atoms with Crippen molar-refractivity contribution in [2.75, 3.05) is 31.8 Å². The molecule has 1 aromatic carbocycles. The van der Waals surface area contributed by atoms with Crippen LogP contribution in [-0.2, 0) is 25.7 Å². The second kappa shape index (κ2) is 10.1. The van der Waals surface area contributed by atoms with E-state index in [4.69, 9.17) is 4.74 Å².